The highest BCUT2D eigenvalue weighted by Crippen LogP contribution is 2.48. The summed E-state index contributed by atoms with van der Waals surface area (Å²) in [5.74, 6) is 4.11. The Labute approximate surface area is 121 Å². The van der Waals surface area contributed by atoms with Gasteiger partial charge in [0, 0.05) is 12.5 Å². The van der Waals surface area contributed by atoms with Gasteiger partial charge in [-0.15, -0.1) is 0 Å². The topological polar surface area (TPSA) is 21.3 Å². The second kappa shape index (κ2) is 5.07. The monoisotopic (exact) mass is 271 g/mol. The fourth-order valence-electron chi connectivity index (χ4n) is 4.55. The van der Waals surface area contributed by atoms with Crippen LogP contribution in [-0.4, -0.2) is 13.2 Å². The molecule has 2 heteroatoms. The molecule has 2 fully saturated rings. The van der Waals surface area contributed by atoms with E-state index in [0.717, 1.165) is 36.5 Å². The molecule has 0 radical (unpaired) electrons. The van der Waals surface area contributed by atoms with Crippen molar-refractivity contribution in [2.75, 3.05) is 13.2 Å². The molecule has 3 aliphatic rings. The first-order valence-corrected chi connectivity index (χ1v) is 8.28. The van der Waals surface area contributed by atoms with Gasteiger partial charge in [-0.2, -0.15) is 0 Å². The third-order valence-corrected chi connectivity index (χ3v) is 5.78. The number of rotatable bonds is 4. The van der Waals surface area contributed by atoms with Crippen molar-refractivity contribution in [2.45, 2.75) is 45.1 Å². The van der Waals surface area contributed by atoms with Crippen molar-refractivity contribution >= 4 is 0 Å². The Balaban J connectivity index is 1.37. The summed E-state index contributed by atoms with van der Waals surface area (Å²) in [6, 6.07) is 7.16. The Hall–Kier alpha value is -1.02. The molecule has 2 aliphatic carbocycles. The second-order valence-electron chi connectivity index (χ2n) is 7.03. The van der Waals surface area contributed by atoms with Gasteiger partial charge in [-0.25, -0.2) is 0 Å². The van der Waals surface area contributed by atoms with Crippen LogP contribution < -0.4 is 10.1 Å². The molecular formula is C18H25NO. The lowest BCUT2D eigenvalue weighted by molar-refractivity contribution is 0.309. The zero-order valence-electron chi connectivity index (χ0n) is 12.4. The van der Waals surface area contributed by atoms with E-state index < -0.39 is 0 Å². The Kier molecular flexibility index (Phi) is 3.22. The van der Waals surface area contributed by atoms with E-state index in [-0.39, 0.29) is 0 Å². The van der Waals surface area contributed by atoms with Gasteiger partial charge in [-0.1, -0.05) is 18.6 Å². The van der Waals surface area contributed by atoms with E-state index in [9.17, 15) is 0 Å². The number of fused-ring (bicyclic) bond motifs is 3. The Morgan fingerprint density at radius 1 is 1.30 bits per heavy atom. The minimum Gasteiger partial charge on any atom is -0.493 e. The Bertz CT molecular complexity index is 498. The van der Waals surface area contributed by atoms with Crippen molar-refractivity contribution < 1.29 is 4.74 Å². The van der Waals surface area contributed by atoms with Crippen LogP contribution in [0, 0.1) is 17.8 Å². The highest BCUT2D eigenvalue weighted by molar-refractivity contribution is 5.40. The van der Waals surface area contributed by atoms with Gasteiger partial charge in [-0.3, -0.25) is 0 Å². The molecule has 4 rings (SSSR count). The number of ether oxygens (including phenoxy) is 1. The van der Waals surface area contributed by atoms with Crippen LogP contribution in [0.3, 0.4) is 0 Å². The summed E-state index contributed by atoms with van der Waals surface area (Å²) in [6.07, 6.45) is 7.05. The summed E-state index contributed by atoms with van der Waals surface area (Å²) >= 11 is 0. The van der Waals surface area contributed by atoms with Gasteiger partial charge in [0.05, 0.1) is 6.61 Å². The lowest BCUT2D eigenvalue weighted by Crippen LogP contribution is -2.28. The molecule has 0 amide bonds. The Morgan fingerprint density at radius 3 is 3.05 bits per heavy atom. The molecule has 1 aromatic rings. The van der Waals surface area contributed by atoms with Crippen LogP contribution in [0.5, 0.6) is 5.75 Å². The summed E-state index contributed by atoms with van der Waals surface area (Å²) in [4.78, 5) is 0. The van der Waals surface area contributed by atoms with Gasteiger partial charge < -0.3 is 10.1 Å². The number of nitrogens with one attached hydrogen (secondary N) is 1. The molecular weight excluding hydrogens is 246 g/mol. The predicted molar refractivity (Wildman–Crippen MR) is 81.0 cm³/mol. The van der Waals surface area contributed by atoms with Crippen molar-refractivity contribution in [3.8, 4) is 5.75 Å². The summed E-state index contributed by atoms with van der Waals surface area (Å²) in [6.45, 7) is 4.35. The minimum atomic E-state index is 0.458. The molecule has 4 atom stereocenters. The van der Waals surface area contributed by atoms with Gasteiger partial charge in [0.1, 0.15) is 5.75 Å². The van der Waals surface area contributed by atoms with Gasteiger partial charge in [-0.05, 0) is 67.7 Å². The third-order valence-electron chi connectivity index (χ3n) is 5.78. The lowest BCUT2D eigenvalue weighted by Gasteiger charge is -2.24. The smallest absolute Gasteiger partial charge is 0.122 e. The molecule has 2 nitrogen and oxygen atoms in total. The molecule has 4 unspecified atom stereocenters. The van der Waals surface area contributed by atoms with Crippen LogP contribution in [0.2, 0.25) is 0 Å². The average Bonchev–Trinajstić information content (AvgIpc) is 3.19. The Morgan fingerprint density at radius 2 is 2.25 bits per heavy atom. The largest absolute Gasteiger partial charge is 0.493 e. The summed E-state index contributed by atoms with van der Waals surface area (Å²) in [7, 11) is 0. The van der Waals surface area contributed by atoms with Gasteiger partial charge >= 0.3 is 0 Å². The quantitative estimate of drug-likeness (QED) is 0.901. The van der Waals surface area contributed by atoms with E-state index in [2.05, 4.69) is 30.4 Å². The number of hydrogen-bond donors (Lipinski definition) is 1. The summed E-state index contributed by atoms with van der Waals surface area (Å²) < 4.78 is 5.59. The fraction of sp³-hybridized carbons (Fsp3) is 0.667. The van der Waals surface area contributed by atoms with E-state index in [1.54, 1.807) is 0 Å². The average molecular weight is 271 g/mol. The predicted octanol–water partition coefficient (Wildman–Crippen LogP) is 3.71. The highest BCUT2D eigenvalue weighted by Gasteiger charge is 2.39. The molecule has 2 saturated carbocycles. The van der Waals surface area contributed by atoms with E-state index >= 15 is 0 Å². The van der Waals surface area contributed by atoms with Crippen LogP contribution >= 0.6 is 0 Å². The minimum absolute atomic E-state index is 0.458. The zero-order chi connectivity index (χ0) is 13.5. The molecule has 20 heavy (non-hydrogen) atoms. The van der Waals surface area contributed by atoms with Gasteiger partial charge in [0.25, 0.3) is 0 Å². The van der Waals surface area contributed by atoms with Crippen molar-refractivity contribution in [1.82, 2.24) is 5.32 Å². The van der Waals surface area contributed by atoms with Crippen molar-refractivity contribution in [3.63, 3.8) is 0 Å². The maximum Gasteiger partial charge on any atom is 0.122 e. The van der Waals surface area contributed by atoms with E-state index in [1.165, 1.54) is 43.4 Å². The summed E-state index contributed by atoms with van der Waals surface area (Å²) in [5, 5.41) is 3.78. The lowest BCUT2D eigenvalue weighted by atomic mass is 9.88. The first kappa shape index (κ1) is 12.7. The zero-order valence-corrected chi connectivity index (χ0v) is 12.4. The van der Waals surface area contributed by atoms with Crippen molar-refractivity contribution in [1.29, 1.82) is 0 Å². The summed E-state index contributed by atoms with van der Waals surface area (Å²) in [5.41, 5.74) is 2.80. The molecule has 1 aliphatic heterocycles. The molecule has 0 saturated heterocycles. The first-order chi connectivity index (χ1) is 9.79. The first-order valence-electron chi connectivity index (χ1n) is 8.28. The standard InChI is InChI=1S/C18H25NO/c1-12(14-4-5-18-16(10-14)6-7-20-18)19-11-17-9-13-2-3-15(17)8-13/h4-5,10,12-13,15,17,19H,2-3,6-9,11H2,1H3. The van der Waals surface area contributed by atoms with Crippen LogP contribution in [0.1, 0.15) is 49.8 Å². The van der Waals surface area contributed by atoms with Gasteiger partial charge in [0.15, 0.2) is 0 Å². The normalized spacial score (nSPS) is 32.1. The third kappa shape index (κ3) is 2.24. The maximum absolute atomic E-state index is 5.59. The molecule has 0 spiro atoms. The van der Waals surface area contributed by atoms with Crippen LogP contribution in [-0.2, 0) is 6.42 Å². The van der Waals surface area contributed by atoms with Crippen LogP contribution in [0.15, 0.2) is 18.2 Å². The molecule has 2 bridgehead atoms. The van der Waals surface area contributed by atoms with Crippen molar-refractivity contribution in [3.05, 3.63) is 29.3 Å². The SMILES string of the molecule is CC(NCC1CC2CCC1C2)c1ccc2c(c1)CCO2. The van der Waals surface area contributed by atoms with E-state index in [0.29, 0.717) is 6.04 Å². The molecule has 1 N–H and O–H groups in total. The van der Waals surface area contributed by atoms with Crippen LogP contribution in [0.25, 0.3) is 0 Å². The molecule has 1 heterocycles. The van der Waals surface area contributed by atoms with Crippen molar-refractivity contribution in [2.24, 2.45) is 17.8 Å². The molecule has 1 aromatic carbocycles. The van der Waals surface area contributed by atoms with Crippen LogP contribution in [0.4, 0.5) is 0 Å². The van der Waals surface area contributed by atoms with Gasteiger partial charge in [0.2, 0.25) is 0 Å². The molecule has 0 aromatic heterocycles. The maximum atomic E-state index is 5.59. The van der Waals surface area contributed by atoms with E-state index in [1.807, 2.05) is 0 Å². The number of benzene rings is 1. The highest BCUT2D eigenvalue weighted by atomic mass is 16.5. The number of hydrogen-bond acceptors (Lipinski definition) is 2. The fourth-order valence-corrected chi connectivity index (χ4v) is 4.55. The second-order valence-corrected chi connectivity index (χ2v) is 7.03. The van der Waals surface area contributed by atoms with E-state index in [4.69, 9.17) is 4.74 Å². The molecule has 108 valence electrons.